The standard InChI is InChI=1S/C39H27N5/c1-26-18-20-33-32-16-8-9-17-34(32)44(35(33)23-26)36-24-29(19-21-31(36)30-15-10-22-40-25-30)39-42-37(27-11-4-2-5-12-27)41-38(43-39)28-13-6-3-7-14-28/h2-25H,1H3. The van der Waals surface area contributed by atoms with Crippen molar-refractivity contribution in [1.29, 1.82) is 0 Å². The molecule has 0 bridgehead atoms. The quantitative estimate of drug-likeness (QED) is 0.209. The van der Waals surface area contributed by atoms with Crippen LogP contribution in [0.4, 0.5) is 0 Å². The van der Waals surface area contributed by atoms with Crippen molar-refractivity contribution in [2.24, 2.45) is 0 Å². The lowest BCUT2D eigenvalue weighted by Gasteiger charge is -2.16. The number of fused-ring (bicyclic) bond motifs is 3. The number of rotatable bonds is 5. The van der Waals surface area contributed by atoms with E-state index >= 15 is 0 Å². The predicted octanol–water partition coefficient (Wildman–Crippen LogP) is 9.34. The summed E-state index contributed by atoms with van der Waals surface area (Å²) >= 11 is 0. The van der Waals surface area contributed by atoms with Crippen molar-refractivity contribution < 1.29 is 0 Å². The SMILES string of the molecule is Cc1ccc2c3ccccc3n(-c3cc(-c4nc(-c5ccccc5)nc(-c5ccccc5)n4)ccc3-c3cccnc3)c2c1. The van der Waals surface area contributed by atoms with E-state index in [1.807, 2.05) is 79.1 Å². The molecular formula is C39H27N5. The second-order valence-electron chi connectivity index (χ2n) is 10.9. The molecule has 0 unspecified atom stereocenters. The first-order valence-corrected chi connectivity index (χ1v) is 14.6. The Morgan fingerprint density at radius 1 is 0.477 bits per heavy atom. The second-order valence-corrected chi connectivity index (χ2v) is 10.9. The molecule has 0 saturated carbocycles. The van der Waals surface area contributed by atoms with Gasteiger partial charge in [0.15, 0.2) is 17.5 Å². The lowest BCUT2D eigenvalue weighted by atomic mass is 10.0. The van der Waals surface area contributed by atoms with Crippen LogP contribution in [0.3, 0.4) is 0 Å². The van der Waals surface area contributed by atoms with Gasteiger partial charge in [0.2, 0.25) is 0 Å². The molecule has 5 nitrogen and oxygen atoms in total. The van der Waals surface area contributed by atoms with E-state index in [0.717, 1.165) is 44.5 Å². The summed E-state index contributed by atoms with van der Waals surface area (Å²) in [7, 11) is 0. The molecule has 0 radical (unpaired) electrons. The van der Waals surface area contributed by atoms with Crippen molar-refractivity contribution in [3.63, 3.8) is 0 Å². The van der Waals surface area contributed by atoms with Crippen LogP contribution in [0.2, 0.25) is 0 Å². The van der Waals surface area contributed by atoms with Crippen LogP contribution in [0.5, 0.6) is 0 Å². The summed E-state index contributed by atoms with van der Waals surface area (Å²) in [4.78, 5) is 19.4. The average molecular weight is 566 g/mol. The van der Waals surface area contributed by atoms with Gasteiger partial charge >= 0.3 is 0 Å². The van der Waals surface area contributed by atoms with E-state index in [-0.39, 0.29) is 0 Å². The summed E-state index contributed by atoms with van der Waals surface area (Å²) in [6.07, 6.45) is 3.73. The highest BCUT2D eigenvalue weighted by Gasteiger charge is 2.19. The smallest absolute Gasteiger partial charge is 0.164 e. The number of para-hydroxylation sites is 1. The third-order valence-electron chi connectivity index (χ3n) is 8.00. The zero-order valence-corrected chi connectivity index (χ0v) is 24.1. The van der Waals surface area contributed by atoms with Crippen LogP contribution in [-0.4, -0.2) is 24.5 Å². The highest BCUT2D eigenvalue weighted by molar-refractivity contribution is 6.10. The van der Waals surface area contributed by atoms with Gasteiger partial charge < -0.3 is 4.57 Å². The summed E-state index contributed by atoms with van der Waals surface area (Å²) < 4.78 is 2.36. The first-order valence-electron chi connectivity index (χ1n) is 14.6. The number of aryl methyl sites for hydroxylation is 1. The summed E-state index contributed by atoms with van der Waals surface area (Å²) in [6.45, 7) is 2.14. The Bertz CT molecular complexity index is 2220. The molecule has 0 spiro atoms. The number of hydrogen-bond donors (Lipinski definition) is 0. The number of benzene rings is 5. The predicted molar refractivity (Wildman–Crippen MR) is 178 cm³/mol. The summed E-state index contributed by atoms with van der Waals surface area (Å²) in [5, 5.41) is 2.43. The fourth-order valence-electron chi connectivity index (χ4n) is 5.90. The molecule has 3 heterocycles. The molecule has 0 amide bonds. The molecule has 0 aliphatic heterocycles. The van der Waals surface area contributed by atoms with Crippen LogP contribution in [0.25, 0.3) is 72.8 Å². The van der Waals surface area contributed by atoms with Crippen molar-refractivity contribution in [2.75, 3.05) is 0 Å². The van der Waals surface area contributed by atoms with Gasteiger partial charge in [0, 0.05) is 51.0 Å². The van der Waals surface area contributed by atoms with Crippen LogP contribution in [-0.2, 0) is 0 Å². The number of hydrogen-bond acceptors (Lipinski definition) is 4. The van der Waals surface area contributed by atoms with Crippen molar-refractivity contribution in [1.82, 2.24) is 24.5 Å². The van der Waals surface area contributed by atoms with E-state index in [9.17, 15) is 0 Å². The van der Waals surface area contributed by atoms with Gasteiger partial charge in [0.25, 0.3) is 0 Å². The van der Waals surface area contributed by atoms with E-state index in [1.54, 1.807) is 0 Å². The Labute approximate surface area is 255 Å². The van der Waals surface area contributed by atoms with Gasteiger partial charge in [-0.2, -0.15) is 0 Å². The van der Waals surface area contributed by atoms with Crippen LogP contribution >= 0.6 is 0 Å². The molecule has 8 rings (SSSR count). The van der Waals surface area contributed by atoms with Crippen molar-refractivity contribution in [3.8, 4) is 51.0 Å². The van der Waals surface area contributed by atoms with E-state index in [0.29, 0.717) is 17.5 Å². The van der Waals surface area contributed by atoms with Gasteiger partial charge in [-0.15, -0.1) is 0 Å². The summed E-state index contributed by atoms with van der Waals surface area (Å²) in [5.41, 5.74) is 9.44. The first-order chi connectivity index (χ1) is 21.7. The Balaban J connectivity index is 1.42. The fourth-order valence-corrected chi connectivity index (χ4v) is 5.90. The fraction of sp³-hybridized carbons (Fsp3) is 0.0256. The highest BCUT2D eigenvalue weighted by atomic mass is 15.0. The van der Waals surface area contributed by atoms with Gasteiger partial charge in [-0.3, -0.25) is 4.98 Å². The van der Waals surface area contributed by atoms with E-state index < -0.39 is 0 Å². The van der Waals surface area contributed by atoms with Crippen LogP contribution in [0.1, 0.15) is 5.56 Å². The molecule has 0 aliphatic carbocycles. The molecular weight excluding hydrogens is 538 g/mol. The minimum Gasteiger partial charge on any atom is -0.309 e. The summed E-state index contributed by atoms with van der Waals surface area (Å²) in [5.74, 6) is 1.90. The molecule has 3 aromatic heterocycles. The molecule has 0 atom stereocenters. The number of pyridine rings is 1. The molecule has 208 valence electrons. The minimum absolute atomic E-state index is 0.619. The molecule has 0 saturated heterocycles. The van der Waals surface area contributed by atoms with Gasteiger partial charge in [-0.05, 0) is 36.8 Å². The Kier molecular flexibility index (Phi) is 6.27. The maximum atomic E-state index is 5.02. The molecule has 0 fully saturated rings. The van der Waals surface area contributed by atoms with Crippen molar-refractivity contribution in [2.45, 2.75) is 6.92 Å². The van der Waals surface area contributed by atoms with E-state index in [1.165, 1.54) is 16.3 Å². The summed E-state index contributed by atoms with van der Waals surface area (Å²) in [6, 6.07) is 46.0. The zero-order chi connectivity index (χ0) is 29.5. The number of nitrogens with zero attached hydrogens (tertiary/aromatic N) is 5. The zero-order valence-electron chi connectivity index (χ0n) is 24.1. The molecule has 0 N–H and O–H groups in total. The average Bonchev–Trinajstić information content (AvgIpc) is 3.42. The number of aromatic nitrogens is 5. The Morgan fingerprint density at radius 3 is 1.77 bits per heavy atom. The molecule has 0 aliphatic rings. The van der Waals surface area contributed by atoms with E-state index in [2.05, 4.69) is 83.2 Å². The first kappa shape index (κ1) is 25.7. The largest absolute Gasteiger partial charge is 0.309 e. The molecule has 8 aromatic rings. The maximum absolute atomic E-state index is 5.02. The van der Waals surface area contributed by atoms with Gasteiger partial charge in [-0.25, -0.2) is 15.0 Å². The topological polar surface area (TPSA) is 56.5 Å². The van der Waals surface area contributed by atoms with Gasteiger partial charge in [0.05, 0.1) is 16.7 Å². The van der Waals surface area contributed by atoms with E-state index in [4.69, 9.17) is 15.0 Å². The Morgan fingerprint density at radius 2 is 1.09 bits per heavy atom. The molecule has 5 aromatic carbocycles. The van der Waals surface area contributed by atoms with Crippen LogP contribution < -0.4 is 0 Å². The molecule has 5 heteroatoms. The maximum Gasteiger partial charge on any atom is 0.164 e. The van der Waals surface area contributed by atoms with Crippen molar-refractivity contribution in [3.05, 3.63) is 151 Å². The van der Waals surface area contributed by atoms with Crippen LogP contribution in [0.15, 0.2) is 146 Å². The minimum atomic E-state index is 0.619. The van der Waals surface area contributed by atoms with Crippen LogP contribution in [0, 0.1) is 6.92 Å². The third kappa shape index (κ3) is 4.52. The second kappa shape index (κ2) is 10.7. The third-order valence-corrected chi connectivity index (χ3v) is 8.00. The Hall–Kier alpha value is -5.94. The van der Waals surface area contributed by atoms with Crippen molar-refractivity contribution >= 4 is 21.8 Å². The highest BCUT2D eigenvalue weighted by Crippen LogP contribution is 2.38. The lowest BCUT2D eigenvalue weighted by molar-refractivity contribution is 1.07. The monoisotopic (exact) mass is 565 g/mol. The van der Waals surface area contributed by atoms with Gasteiger partial charge in [0.1, 0.15) is 0 Å². The lowest BCUT2D eigenvalue weighted by Crippen LogP contribution is -2.02. The van der Waals surface area contributed by atoms with Gasteiger partial charge in [-0.1, -0.05) is 109 Å². The normalized spacial score (nSPS) is 11.3. The molecule has 44 heavy (non-hydrogen) atoms.